The number of aromatic nitrogens is 8. The highest BCUT2D eigenvalue weighted by Gasteiger charge is 2.56. The van der Waals surface area contributed by atoms with Crippen molar-refractivity contribution in [2.24, 2.45) is 16.2 Å². The molecule has 0 amide bonds. The van der Waals surface area contributed by atoms with Gasteiger partial charge in [0.05, 0.1) is 94.0 Å². The molecule has 3 spiro atoms. The summed E-state index contributed by atoms with van der Waals surface area (Å²) >= 11 is 0. The molecule has 0 atom stereocenters. The van der Waals surface area contributed by atoms with Gasteiger partial charge in [-0.3, -0.25) is 4.90 Å². The minimum absolute atomic E-state index is 0.124. The topological polar surface area (TPSA) is 241 Å². The van der Waals surface area contributed by atoms with E-state index in [0.717, 1.165) is 271 Å². The van der Waals surface area contributed by atoms with Gasteiger partial charge in [-0.25, -0.2) is 34.9 Å². The van der Waals surface area contributed by atoms with Crippen molar-refractivity contribution in [2.75, 3.05) is 280 Å². The molecule has 24 rings (SSSR count). The Kier molecular flexibility index (Phi) is 26.4. The molecule has 4 aromatic heterocycles. The van der Waals surface area contributed by atoms with Crippen molar-refractivity contribution in [3.05, 3.63) is 193 Å². The van der Waals surface area contributed by atoms with Crippen LogP contribution in [-0.2, 0) is 4.74 Å². The summed E-state index contributed by atoms with van der Waals surface area (Å²) in [6.45, 7) is 25.0. The number of ether oxygens (including phenoxy) is 5. The maximum absolute atomic E-state index is 9.38. The van der Waals surface area contributed by atoms with Gasteiger partial charge in [-0.05, 0) is 204 Å². The summed E-state index contributed by atoms with van der Waals surface area (Å²) in [4.78, 5) is 68.6. The molecule has 0 unspecified atom stereocenters. The van der Waals surface area contributed by atoms with E-state index in [1.807, 2.05) is 50.5 Å². The fourth-order valence-corrected chi connectivity index (χ4v) is 22.2. The van der Waals surface area contributed by atoms with Crippen LogP contribution in [0, 0.1) is 16.2 Å². The van der Waals surface area contributed by atoms with Gasteiger partial charge in [-0.1, -0.05) is 61.5 Å². The Morgan fingerprint density at radius 3 is 1.05 bits per heavy atom. The maximum Gasteiger partial charge on any atom is 0.225 e. The second kappa shape index (κ2) is 39.6. The van der Waals surface area contributed by atoms with E-state index in [-0.39, 0.29) is 13.2 Å². The number of nitrogens with zero attached hydrogens (tertiary/aromatic N) is 20. The molecule has 12 fully saturated rings. The number of rotatable bonds is 30. The van der Waals surface area contributed by atoms with E-state index in [4.69, 9.17) is 63.6 Å². The third-order valence-electron chi connectivity index (χ3n) is 30.9. The summed E-state index contributed by atoms with van der Waals surface area (Å²) in [6, 6.07) is 60.0. The first-order chi connectivity index (χ1) is 67.4. The molecule has 3 N–H and O–H groups in total. The van der Waals surface area contributed by atoms with Gasteiger partial charge in [0.15, 0.2) is 0 Å². The molecule has 0 bridgehead atoms. The number of fused-ring (bicyclic) bond motifs is 4. The van der Waals surface area contributed by atoms with Crippen LogP contribution in [0.4, 0.5) is 69.0 Å². The van der Waals surface area contributed by atoms with Crippen LogP contribution >= 0.6 is 0 Å². The summed E-state index contributed by atoms with van der Waals surface area (Å²) in [7, 11) is 15.4. The summed E-state index contributed by atoms with van der Waals surface area (Å²) in [5.41, 5.74) is 14.7. The van der Waals surface area contributed by atoms with Gasteiger partial charge in [0.25, 0.3) is 0 Å². The van der Waals surface area contributed by atoms with Crippen LogP contribution in [-0.4, -0.2) is 282 Å². The van der Waals surface area contributed by atoms with Crippen molar-refractivity contribution < 1.29 is 33.9 Å². The van der Waals surface area contributed by atoms with Gasteiger partial charge in [0.2, 0.25) is 5.95 Å². The smallest absolute Gasteiger partial charge is 0.225 e. The van der Waals surface area contributed by atoms with E-state index < -0.39 is 0 Å². The largest absolute Gasteiger partial charge is 0.496 e. The van der Waals surface area contributed by atoms with Crippen molar-refractivity contribution in [1.82, 2.24) is 44.8 Å². The SMILES string of the molecule is CCCN(C)c1ccc2nc(C3CC3)nc(N3CC4(CN(c5ccccc5OC)C4)C3)c2c1.COc1ccccc1C1CCN(c2nc(NC3CCC3)nc3ccc(N(C)CCO)cc23)CC1.COc1ccccc1N1CC2(C1)CN(c1nc(C3CC3)nc3ccc(N(C)CCN4CCOCC4)cc13)C2.COc1ccccc1N1CC2(C1)CN(c1nc(C3CC3)nc3ccc(N(C)CCO)cc13)C2. The number of nitrogens with one attached hydrogen (secondary N) is 1. The van der Waals surface area contributed by atoms with Crippen molar-refractivity contribution in [3.63, 3.8) is 0 Å². The number of likely N-dealkylation sites (N-methyl/N-ethyl adjacent to an activating group) is 3. The van der Waals surface area contributed by atoms with E-state index >= 15 is 0 Å². The first-order valence-corrected chi connectivity index (χ1v) is 50.6. The molecule has 8 aromatic carbocycles. The molecule has 12 aromatic rings. The molecule has 28 nitrogen and oxygen atoms in total. The standard InChI is InChI=1S/C30H38N6O2.C27H35N5O2.C27H33N5O.C26H31N5O2/c1-33(11-12-34-13-15-38-16-14-34)23-9-10-25-24(17-23)29(32-28(31-25)22-7-8-22)36-20-30(21-36)18-35(19-30)26-5-3-4-6-27(26)37-2;1-31(16-17-33)21-10-11-24-23(18-21)26(30-27(29-24)28-20-6-5-7-20)32-14-12-19(13-15-32)22-8-3-4-9-25(22)34-2;1-4-13-30(2)20-11-12-22-21(14-20)26(29-25(28-22)19-9-10-19)32-17-27(18-32)15-31(16-27)23-7-5-6-8-24(23)33-3;1-29(11-12-32)19-9-10-21-20(13-19)25(28-24(27-21)18-7-8-18)31-16-26(17-31)14-30(15-26)22-5-3-4-6-23(22)33-2/h3-6,9-10,17,22H,7-8,11-16,18-21H2,1-2H3;3-4,8-11,18-20,33H,5-7,12-17H2,1-2H3,(H,28,29,30);5-8,11-12,14,19H,4,9-10,13,15-18H2,1-3H3;3-6,9-10,13,18,32H,7-8,11-12,14-17H2,1-2H3. The number of methoxy groups -OCH3 is 4. The van der Waals surface area contributed by atoms with Crippen LogP contribution in [0.3, 0.4) is 0 Å². The van der Waals surface area contributed by atoms with E-state index in [1.165, 1.54) is 103 Å². The molecule has 12 heterocycles. The Morgan fingerprint density at radius 2 is 0.696 bits per heavy atom. The Morgan fingerprint density at radius 1 is 0.355 bits per heavy atom. The lowest BCUT2D eigenvalue weighted by Gasteiger charge is -2.61. The number of hydrogen-bond acceptors (Lipinski definition) is 28. The second-order valence-corrected chi connectivity index (χ2v) is 41.2. The molecule has 28 heteroatoms. The van der Waals surface area contributed by atoms with Gasteiger partial charge >= 0.3 is 0 Å². The molecule has 4 saturated carbocycles. The van der Waals surface area contributed by atoms with Crippen molar-refractivity contribution in [1.29, 1.82) is 0 Å². The number of aliphatic hydroxyl groups excluding tert-OH is 2. The van der Waals surface area contributed by atoms with Gasteiger partial charge in [0.1, 0.15) is 63.7 Å². The van der Waals surface area contributed by atoms with Crippen LogP contribution in [0.2, 0.25) is 0 Å². The summed E-state index contributed by atoms with van der Waals surface area (Å²) < 4.78 is 27.9. The quantitative estimate of drug-likeness (QED) is 0.0379. The molecule has 12 aliphatic rings. The summed E-state index contributed by atoms with van der Waals surface area (Å²) in [5.74, 6) is 14.1. The molecule has 8 aliphatic heterocycles. The molecule has 8 saturated heterocycles. The van der Waals surface area contributed by atoms with Gasteiger partial charge < -0.3 is 93.1 Å². The van der Waals surface area contributed by atoms with Crippen molar-refractivity contribution in [2.45, 2.75) is 114 Å². The van der Waals surface area contributed by atoms with Gasteiger partial charge in [-0.2, -0.15) is 4.98 Å². The van der Waals surface area contributed by atoms with Crippen LogP contribution in [0.5, 0.6) is 23.0 Å². The molecular formula is C110H137N21O7. The van der Waals surface area contributed by atoms with Gasteiger partial charge in [0, 0.05) is 250 Å². The Labute approximate surface area is 812 Å². The highest BCUT2D eigenvalue weighted by atomic mass is 16.5. The highest BCUT2D eigenvalue weighted by molar-refractivity contribution is 5.97. The second-order valence-electron chi connectivity index (χ2n) is 41.2. The Balaban J connectivity index is 0.000000110. The lowest BCUT2D eigenvalue weighted by Crippen LogP contribution is -2.72. The fourth-order valence-electron chi connectivity index (χ4n) is 22.2. The normalized spacial score (nSPS) is 19.0. The van der Waals surface area contributed by atoms with Crippen LogP contribution in [0.25, 0.3) is 43.6 Å². The van der Waals surface area contributed by atoms with E-state index in [2.05, 4.69) is 219 Å². The third-order valence-corrected chi connectivity index (χ3v) is 30.9. The predicted octanol–water partition coefficient (Wildman–Crippen LogP) is 16.0. The number of morpholine rings is 1. The predicted molar refractivity (Wildman–Crippen MR) is 557 cm³/mol. The van der Waals surface area contributed by atoms with Crippen molar-refractivity contribution in [3.8, 4) is 23.0 Å². The fraction of sp³-hybridized carbons (Fsp3) is 0.491. The average molecular weight is 1870 g/mol. The number of piperidine rings is 1. The number of hydrogen-bond donors (Lipinski definition) is 3. The first kappa shape index (κ1) is 92.1. The average Bonchev–Trinajstić information content (AvgIpc) is 1.72. The molecule has 724 valence electrons. The van der Waals surface area contributed by atoms with Gasteiger partial charge in [-0.15, -0.1) is 0 Å². The highest BCUT2D eigenvalue weighted by Crippen LogP contribution is 2.53. The van der Waals surface area contributed by atoms with Crippen LogP contribution < -0.4 is 78.2 Å². The van der Waals surface area contributed by atoms with Crippen LogP contribution in [0.1, 0.15) is 131 Å². The van der Waals surface area contributed by atoms with E-state index in [9.17, 15) is 10.2 Å². The zero-order valence-corrected chi connectivity index (χ0v) is 82.1. The van der Waals surface area contributed by atoms with Crippen LogP contribution in [0.15, 0.2) is 170 Å². The number of aliphatic hydroxyl groups is 2. The van der Waals surface area contributed by atoms with E-state index in [1.54, 1.807) is 28.4 Å². The minimum atomic E-state index is 0.124. The molecule has 0 radical (unpaired) electrons. The Bertz CT molecular complexity index is 6110. The number of benzene rings is 8. The summed E-state index contributed by atoms with van der Waals surface area (Å²) in [5, 5.41) is 26.8. The lowest BCUT2D eigenvalue weighted by molar-refractivity contribution is 0.0393. The Hall–Kier alpha value is -12.2. The molecule has 138 heavy (non-hydrogen) atoms. The first-order valence-electron chi connectivity index (χ1n) is 50.6. The zero-order chi connectivity index (χ0) is 94.3. The van der Waals surface area contributed by atoms with E-state index in [0.29, 0.717) is 59.0 Å². The third kappa shape index (κ3) is 19.3. The molecule has 4 aliphatic carbocycles. The zero-order valence-electron chi connectivity index (χ0n) is 82.1. The minimum Gasteiger partial charge on any atom is -0.496 e. The summed E-state index contributed by atoms with van der Waals surface area (Å²) in [6.07, 6.45) is 14.2. The number of anilines is 12. The monoisotopic (exact) mass is 1860 g/mol. The molecular weight excluding hydrogens is 1730 g/mol. The lowest BCUT2D eigenvalue weighted by atomic mass is 9.72. The number of para-hydroxylation sites is 7. The maximum atomic E-state index is 9.38. The van der Waals surface area contributed by atoms with Crippen molar-refractivity contribution >= 4 is 113 Å².